The van der Waals surface area contributed by atoms with Gasteiger partial charge in [0.15, 0.2) is 0 Å². The van der Waals surface area contributed by atoms with Crippen LogP contribution in [-0.2, 0) is 0 Å². The third-order valence-electron chi connectivity index (χ3n) is 1.96. The first-order chi connectivity index (χ1) is 4.06. The molecule has 0 saturated carbocycles. The molecule has 0 unspecified atom stereocenters. The Morgan fingerprint density at radius 2 is 1.78 bits per heavy atom. The summed E-state index contributed by atoms with van der Waals surface area (Å²) in [5.41, 5.74) is 0.257. The average Bonchev–Trinajstić information content (AvgIpc) is 1.86. The molecule has 9 heavy (non-hydrogen) atoms. The maximum absolute atomic E-state index is 9.61. The van der Waals surface area contributed by atoms with E-state index >= 15 is 0 Å². The zero-order chi connectivity index (χ0) is 7.49. The van der Waals surface area contributed by atoms with Crippen LogP contribution in [0.1, 0.15) is 33.6 Å². The molecule has 54 valence electrons. The second-order valence-corrected chi connectivity index (χ2v) is 2.52. The molecular formula is C8H16O. The first-order valence-corrected chi connectivity index (χ1v) is 3.45. The SMILES string of the molecule is C=C(C)C(O)(CC)CC. The summed E-state index contributed by atoms with van der Waals surface area (Å²) in [4.78, 5) is 0. The van der Waals surface area contributed by atoms with Gasteiger partial charge in [-0.05, 0) is 25.3 Å². The molecule has 0 aromatic heterocycles. The topological polar surface area (TPSA) is 20.2 Å². The molecular weight excluding hydrogens is 112 g/mol. The van der Waals surface area contributed by atoms with Crippen molar-refractivity contribution < 1.29 is 5.11 Å². The minimum absolute atomic E-state index is 0.611. The van der Waals surface area contributed by atoms with Crippen LogP contribution in [0.4, 0.5) is 0 Å². The monoisotopic (exact) mass is 128 g/mol. The van der Waals surface area contributed by atoms with Gasteiger partial charge in [0.05, 0.1) is 5.60 Å². The fourth-order valence-electron chi connectivity index (χ4n) is 0.854. The lowest BCUT2D eigenvalue weighted by Gasteiger charge is -2.25. The van der Waals surface area contributed by atoms with Gasteiger partial charge in [0.2, 0.25) is 0 Å². The molecule has 0 aliphatic carbocycles. The first-order valence-electron chi connectivity index (χ1n) is 3.45. The Hall–Kier alpha value is -0.300. The average molecular weight is 128 g/mol. The highest BCUT2D eigenvalue weighted by molar-refractivity contribution is 5.07. The molecule has 0 fully saturated rings. The maximum Gasteiger partial charge on any atom is 0.0846 e. The standard InChI is InChI=1S/C8H16O/c1-5-8(9,6-2)7(3)4/h9H,3,5-6H2,1-2,4H3. The molecule has 0 amide bonds. The van der Waals surface area contributed by atoms with Crippen LogP contribution in [0.15, 0.2) is 12.2 Å². The van der Waals surface area contributed by atoms with Crippen molar-refractivity contribution in [1.29, 1.82) is 0 Å². The van der Waals surface area contributed by atoms with Crippen molar-refractivity contribution in [2.75, 3.05) is 0 Å². The van der Waals surface area contributed by atoms with Crippen molar-refractivity contribution in [3.05, 3.63) is 12.2 Å². The summed E-state index contributed by atoms with van der Waals surface area (Å²) in [5.74, 6) is 0. The molecule has 0 saturated heterocycles. The van der Waals surface area contributed by atoms with Gasteiger partial charge >= 0.3 is 0 Å². The largest absolute Gasteiger partial charge is 0.386 e. The molecule has 0 rings (SSSR count). The lowest BCUT2D eigenvalue weighted by molar-refractivity contribution is 0.0707. The van der Waals surface area contributed by atoms with Gasteiger partial charge in [-0.15, -0.1) is 0 Å². The lowest BCUT2D eigenvalue weighted by Crippen LogP contribution is -2.27. The molecule has 0 spiro atoms. The Kier molecular flexibility index (Phi) is 2.92. The van der Waals surface area contributed by atoms with E-state index in [4.69, 9.17) is 0 Å². The van der Waals surface area contributed by atoms with Crippen LogP contribution in [0, 0.1) is 0 Å². The summed E-state index contributed by atoms with van der Waals surface area (Å²) < 4.78 is 0. The molecule has 0 heterocycles. The third-order valence-corrected chi connectivity index (χ3v) is 1.96. The highest BCUT2D eigenvalue weighted by Gasteiger charge is 2.21. The van der Waals surface area contributed by atoms with E-state index in [1.165, 1.54) is 0 Å². The van der Waals surface area contributed by atoms with Gasteiger partial charge in [-0.3, -0.25) is 0 Å². The second kappa shape index (κ2) is 3.02. The van der Waals surface area contributed by atoms with E-state index in [2.05, 4.69) is 6.58 Å². The fraction of sp³-hybridized carbons (Fsp3) is 0.750. The van der Waals surface area contributed by atoms with Gasteiger partial charge < -0.3 is 5.11 Å². The minimum atomic E-state index is -0.611. The third kappa shape index (κ3) is 1.83. The normalized spacial score (nSPS) is 11.6. The fourth-order valence-corrected chi connectivity index (χ4v) is 0.854. The molecule has 0 aliphatic rings. The van der Waals surface area contributed by atoms with E-state index in [0.29, 0.717) is 0 Å². The maximum atomic E-state index is 9.61. The highest BCUT2D eigenvalue weighted by atomic mass is 16.3. The van der Waals surface area contributed by atoms with Crippen molar-refractivity contribution in [3.8, 4) is 0 Å². The van der Waals surface area contributed by atoms with E-state index in [1.807, 2.05) is 20.8 Å². The van der Waals surface area contributed by atoms with Crippen molar-refractivity contribution in [1.82, 2.24) is 0 Å². The Bertz CT molecular complexity index is 101. The summed E-state index contributed by atoms with van der Waals surface area (Å²) in [6.45, 7) is 9.53. The van der Waals surface area contributed by atoms with Crippen molar-refractivity contribution in [2.24, 2.45) is 0 Å². The van der Waals surface area contributed by atoms with Crippen LogP contribution in [0.25, 0.3) is 0 Å². The summed E-state index contributed by atoms with van der Waals surface area (Å²) in [6.07, 6.45) is 1.53. The molecule has 0 radical (unpaired) electrons. The van der Waals surface area contributed by atoms with E-state index in [1.54, 1.807) is 0 Å². The highest BCUT2D eigenvalue weighted by Crippen LogP contribution is 2.22. The molecule has 0 aromatic rings. The Balaban J connectivity index is 4.09. The van der Waals surface area contributed by atoms with Gasteiger partial charge in [0.25, 0.3) is 0 Å². The van der Waals surface area contributed by atoms with Crippen molar-refractivity contribution in [3.63, 3.8) is 0 Å². The molecule has 0 atom stereocenters. The zero-order valence-corrected chi connectivity index (χ0v) is 6.57. The summed E-state index contributed by atoms with van der Waals surface area (Å²) >= 11 is 0. The Morgan fingerprint density at radius 1 is 1.44 bits per heavy atom. The van der Waals surface area contributed by atoms with Crippen LogP contribution >= 0.6 is 0 Å². The zero-order valence-electron chi connectivity index (χ0n) is 6.57. The number of aliphatic hydroxyl groups is 1. The molecule has 1 heteroatoms. The quantitative estimate of drug-likeness (QED) is 0.577. The smallest absolute Gasteiger partial charge is 0.0846 e. The first kappa shape index (κ1) is 8.70. The van der Waals surface area contributed by atoms with Gasteiger partial charge in [-0.25, -0.2) is 0 Å². The van der Waals surface area contributed by atoms with Crippen LogP contribution in [-0.4, -0.2) is 10.7 Å². The molecule has 1 nitrogen and oxygen atoms in total. The molecule has 0 bridgehead atoms. The van der Waals surface area contributed by atoms with Crippen LogP contribution in [0.5, 0.6) is 0 Å². The van der Waals surface area contributed by atoms with E-state index in [-0.39, 0.29) is 0 Å². The van der Waals surface area contributed by atoms with Crippen LogP contribution in [0.3, 0.4) is 0 Å². The summed E-state index contributed by atoms with van der Waals surface area (Å²) in [7, 11) is 0. The Labute approximate surface area is 57.4 Å². The molecule has 0 aliphatic heterocycles. The predicted octanol–water partition coefficient (Wildman–Crippen LogP) is 2.11. The van der Waals surface area contributed by atoms with E-state index in [9.17, 15) is 5.11 Å². The minimum Gasteiger partial charge on any atom is -0.386 e. The summed E-state index contributed by atoms with van der Waals surface area (Å²) in [6, 6.07) is 0. The number of hydrogen-bond donors (Lipinski definition) is 1. The van der Waals surface area contributed by atoms with E-state index < -0.39 is 5.60 Å². The van der Waals surface area contributed by atoms with Gasteiger partial charge in [-0.2, -0.15) is 0 Å². The van der Waals surface area contributed by atoms with Crippen LogP contribution in [0.2, 0.25) is 0 Å². The van der Waals surface area contributed by atoms with E-state index in [0.717, 1.165) is 18.4 Å². The van der Waals surface area contributed by atoms with Crippen molar-refractivity contribution in [2.45, 2.75) is 39.2 Å². The van der Waals surface area contributed by atoms with Crippen LogP contribution < -0.4 is 0 Å². The van der Waals surface area contributed by atoms with Gasteiger partial charge in [0, 0.05) is 0 Å². The van der Waals surface area contributed by atoms with Gasteiger partial charge in [0.1, 0.15) is 0 Å². The number of rotatable bonds is 3. The predicted molar refractivity (Wildman–Crippen MR) is 40.3 cm³/mol. The lowest BCUT2D eigenvalue weighted by atomic mass is 9.91. The second-order valence-electron chi connectivity index (χ2n) is 2.52. The summed E-state index contributed by atoms with van der Waals surface area (Å²) in [5, 5.41) is 9.61. The molecule has 1 N–H and O–H groups in total. The number of hydrogen-bond acceptors (Lipinski definition) is 1. The van der Waals surface area contributed by atoms with Crippen molar-refractivity contribution >= 4 is 0 Å². The Morgan fingerprint density at radius 3 is 1.78 bits per heavy atom. The molecule has 0 aromatic carbocycles. The van der Waals surface area contributed by atoms with Gasteiger partial charge in [-0.1, -0.05) is 20.4 Å².